The Kier molecular flexibility index (Phi) is 8.12. The van der Waals surface area contributed by atoms with Gasteiger partial charge in [0, 0.05) is 18.5 Å². The van der Waals surface area contributed by atoms with Crippen LogP contribution in [0.15, 0.2) is 59.9 Å². The van der Waals surface area contributed by atoms with Gasteiger partial charge >= 0.3 is 0 Å². The van der Waals surface area contributed by atoms with Crippen LogP contribution in [0.5, 0.6) is 23.1 Å². The normalized spacial score (nSPS) is 10.4. The van der Waals surface area contributed by atoms with Gasteiger partial charge in [-0.1, -0.05) is 29.5 Å². The van der Waals surface area contributed by atoms with Crippen LogP contribution in [-0.2, 0) is 4.79 Å². The molecule has 0 unspecified atom stereocenters. The van der Waals surface area contributed by atoms with Gasteiger partial charge in [0.05, 0.1) is 24.7 Å². The second-order valence-corrected chi connectivity index (χ2v) is 7.41. The number of carbonyl (C=O) groups is 1. The smallest absolute Gasteiger partial charge is 0.252 e. The summed E-state index contributed by atoms with van der Waals surface area (Å²) in [7, 11) is 0. The average Bonchev–Trinajstić information content (AvgIpc) is 2.77. The number of nitrogens with one attached hydrogen (secondary N) is 1. The van der Waals surface area contributed by atoms with E-state index in [0.717, 1.165) is 5.56 Å². The fourth-order valence-corrected chi connectivity index (χ4v) is 3.36. The van der Waals surface area contributed by atoms with E-state index < -0.39 is 0 Å². The fourth-order valence-electron chi connectivity index (χ4n) is 2.66. The number of amides is 1. The van der Waals surface area contributed by atoms with Crippen molar-refractivity contribution in [3.8, 4) is 23.1 Å². The number of ether oxygens (including phenoxy) is 3. The lowest BCUT2D eigenvalue weighted by atomic mass is 10.2. The number of aromatic nitrogens is 2. The lowest BCUT2D eigenvalue weighted by Gasteiger charge is -2.13. The van der Waals surface area contributed by atoms with E-state index in [0.29, 0.717) is 47.1 Å². The first-order valence-corrected chi connectivity index (χ1v) is 11.0. The minimum Gasteiger partial charge on any atom is -0.494 e. The van der Waals surface area contributed by atoms with Gasteiger partial charge in [0.2, 0.25) is 5.91 Å². The molecule has 0 spiro atoms. The molecule has 1 aromatic heterocycles. The van der Waals surface area contributed by atoms with Crippen molar-refractivity contribution in [2.24, 2.45) is 0 Å². The molecule has 0 saturated heterocycles. The molecule has 0 fully saturated rings. The zero-order valence-corrected chi connectivity index (χ0v) is 18.6. The maximum absolute atomic E-state index is 12.6. The van der Waals surface area contributed by atoms with Crippen LogP contribution in [0.4, 0.5) is 5.69 Å². The van der Waals surface area contributed by atoms with Crippen LogP contribution >= 0.6 is 11.8 Å². The van der Waals surface area contributed by atoms with E-state index in [1.165, 1.54) is 11.8 Å². The summed E-state index contributed by atoms with van der Waals surface area (Å²) in [6.07, 6.45) is 3.13. The number of benzene rings is 2. The Morgan fingerprint density at radius 1 is 0.968 bits per heavy atom. The molecular formula is C23H25N3O4S. The van der Waals surface area contributed by atoms with E-state index in [-0.39, 0.29) is 11.7 Å². The number of hydrogen-bond acceptors (Lipinski definition) is 7. The van der Waals surface area contributed by atoms with Crippen LogP contribution < -0.4 is 19.5 Å². The summed E-state index contributed by atoms with van der Waals surface area (Å²) in [5.74, 6) is 2.20. The third kappa shape index (κ3) is 6.62. The van der Waals surface area contributed by atoms with E-state index >= 15 is 0 Å². The van der Waals surface area contributed by atoms with Gasteiger partial charge < -0.3 is 19.5 Å². The molecule has 1 amide bonds. The Labute approximate surface area is 186 Å². The molecule has 0 saturated carbocycles. The third-order valence-corrected chi connectivity index (χ3v) is 5.00. The van der Waals surface area contributed by atoms with Crippen LogP contribution in [0, 0.1) is 6.92 Å². The number of thioether (sulfide) groups is 1. The molecule has 162 valence electrons. The van der Waals surface area contributed by atoms with Crippen LogP contribution in [0.25, 0.3) is 0 Å². The van der Waals surface area contributed by atoms with Gasteiger partial charge in [0.1, 0.15) is 17.2 Å². The van der Waals surface area contributed by atoms with Crippen LogP contribution in [-0.4, -0.2) is 34.8 Å². The fraction of sp³-hybridized carbons (Fsp3) is 0.261. The van der Waals surface area contributed by atoms with Crippen molar-refractivity contribution < 1.29 is 19.0 Å². The van der Waals surface area contributed by atoms with Crippen LogP contribution in [0.3, 0.4) is 0 Å². The average molecular weight is 440 g/mol. The molecule has 0 aliphatic rings. The predicted octanol–water partition coefficient (Wildman–Crippen LogP) is 5.11. The lowest BCUT2D eigenvalue weighted by molar-refractivity contribution is -0.113. The van der Waals surface area contributed by atoms with Gasteiger partial charge in [-0.25, -0.2) is 9.97 Å². The van der Waals surface area contributed by atoms with Crippen molar-refractivity contribution in [3.05, 3.63) is 60.4 Å². The molecule has 2 aromatic carbocycles. The number of carbonyl (C=O) groups excluding carboxylic acids is 1. The molecule has 3 aromatic rings. The molecular weight excluding hydrogens is 414 g/mol. The van der Waals surface area contributed by atoms with E-state index in [9.17, 15) is 4.79 Å². The Balaban J connectivity index is 1.66. The van der Waals surface area contributed by atoms with Crippen molar-refractivity contribution in [3.63, 3.8) is 0 Å². The third-order valence-electron chi connectivity index (χ3n) is 4.04. The number of aryl methyl sites for hydroxylation is 1. The maximum atomic E-state index is 12.6. The molecule has 3 rings (SSSR count). The van der Waals surface area contributed by atoms with Crippen molar-refractivity contribution >= 4 is 23.4 Å². The minimum atomic E-state index is -0.202. The zero-order chi connectivity index (χ0) is 22.1. The molecule has 0 atom stereocenters. The van der Waals surface area contributed by atoms with Gasteiger partial charge in [-0.05, 0) is 45.0 Å². The molecule has 0 aliphatic heterocycles. The van der Waals surface area contributed by atoms with Gasteiger partial charge in [0.25, 0.3) is 5.88 Å². The van der Waals surface area contributed by atoms with E-state index in [4.69, 9.17) is 14.2 Å². The van der Waals surface area contributed by atoms with Crippen molar-refractivity contribution in [2.45, 2.75) is 25.8 Å². The summed E-state index contributed by atoms with van der Waals surface area (Å²) in [5.41, 5.74) is 1.70. The molecule has 0 bridgehead atoms. The Bertz CT molecular complexity index is 1010. The summed E-state index contributed by atoms with van der Waals surface area (Å²) >= 11 is 1.25. The van der Waals surface area contributed by atoms with Gasteiger partial charge in [-0.2, -0.15) is 0 Å². The number of rotatable bonds is 10. The highest BCUT2D eigenvalue weighted by molar-refractivity contribution is 8.00. The van der Waals surface area contributed by atoms with Gasteiger partial charge in [-0.15, -0.1) is 0 Å². The highest BCUT2D eigenvalue weighted by atomic mass is 32.2. The topological polar surface area (TPSA) is 82.6 Å². The first kappa shape index (κ1) is 22.4. The highest BCUT2D eigenvalue weighted by Crippen LogP contribution is 2.31. The summed E-state index contributed by atoms with van der Waals surface area (Å²) in [6, 6.07) is 13.0. The summed E-state index contributed by atoms with van der Waals surface area (Å²) < 4.78 is 17.0. The maximum Gasteiger partial charge on any atom is 0.252 e. The summed E-state index contributed by atoms with van der Waals surface area (Å²) in [4.78, 5) is 21.2. The Hall–Kier alpha value is -3.26. The SMILES string of the molecule is CCOc1ccc(OCC)c(NC(=O)CSc2nccnc2Oc2ccc(C)cc2)c1. The molecule has 31 heavy (non-hydrogen) atoms. The molecule has 0 aliphatic carbocycles. The summed E-state index contributed by atoms with van der Waals surface area (Å²) in [6.45, 7) is 6.83. The Morgan fingerprint density at radius 2 is 1.68 bits per heavy atom. The monoisotopic (exact) mass is 439 g/mol. The van der Waals surface area contributed by atoms with E-state index in [1.54, 1.807) is 24.5 Å². The second kappa shape index (κ2) is 11.2. The zero-order valence-electron chi connectivity index (χ0n) is 17.8. The second-order valence-electron chi connectivity index (χ2n) is 6.44. The van der Waals surface area contributed by atoms with Crippen LogP contribution in [0.2, 0.25) is 0 Å². The highest BCUT2D eigenvalue weighted by Gasteiger charge is 2.14. The summed E-state index contributed by atoms with van der Waals surface area (Å²) in [5, 5.41) is 3.42. The number of nitrogens with zero attached hydrogens (tertiary/aromatic N) is 2. The first-order chi connectivity index (χ1) is 15.1. The molecule has 7 nitrogen and oxygen atoms in total. The van der Waals surface area contributed by atoms with E-state index in [1.807, 2.05) is 51.1 Å². The predicted molar refractivity (Wildman–Crippen MR) is 121 cm³/mol. The minimum absolute atomic E-state index is 0.132. The van der Waals surface area contributed by atoms with Crippen molar-refractivity contribution in [2.75, 3.05) is 24.3 Å². The lowest BCUT2D eigenvalue weighted by Crippen LogP contribution is -2.15. The Morgan fingerprint density at radius 3 is 2.42 bits per heavy atom. The number of anilines is 1. The quantitative estimate of drug-likeness (QED) is 0.440. The van der Waals surface area contributed by atoms with E-state index in [2.05, 4.69) is 15.3 Å². The first-order valence-electron chi connectivity index (χ1n) is 9.96. The van der Waals surface area contributed by atoms with Crippen molar-refractivity contribution in [1.82, 2.24) is 9.97 Å². The molecule has 0 radical (unpaired) electrons. The van der Waals surface area contributed by atoms with Crippen molar-refractivity contribution in [1.29, 1.82) is 0 Å². The van der Waals surface area contributed by atoms with Gasteiger partial charge in [-0.3, -0.25) is 4.79 Å². The van der Waals surface area contributed by atoms with Gasteiger partial charge in [0.15, 0.2) is 5.03 Å². The van der Waals surface area contributed by atoms with Crippen LogP contribution in [0.1, 0.15) is 19.4 Å². The number of hydrogen-bond donors (Lipinski definition) is 1. The molecule has 8 heteroatoms. The molecule has 1 heterocycles. The standard InChI is InChI=1S/C23H25N3O4S/c1-4-28-18-10-11-20(29-5-2)19(14-18)26-21(27)15-31-23-22(24-12-13-25-23)30-17-8-6-16(3)7-9-17/h6-14H,4-5,15H2,1-3H3,(H,26,27). The molecule has 1 N–H and O–H groups in total. The largest absolute Gasteiger partial charge is 0.494 e.